The van der Waals surface area contributed by atoms with Crippen molar-refractivity contribution < 1.29 is 0 Å². The fraction of sp³-hybridized carbons (Fsp3) is 0.312. The minimum absolute atomic E-state index is 0.0412. The summed E-state index contributed by atoms with van der Waals surface area (Å²) in [6.45, 7) is 3.87. The molecule has 3 rings (SSSR count). The maximum atomic E-state index is 6.46. The fourth-order valence-corrected chi connectivity index (χ4v) is 3.16. The van der Waals surface area contributed by atoms with Gasteiger partial charge in [0.05, 0.1) is 21.8 Å². The molecule has 1 unspecified atom stereocenters. The zero-order chi connectivity index (χ0) is 14.7. The highest BCUT2D eigenvalue weighted by Gasteiger charge is 2.27. The Kier molecular flexibility index (Phi) is 4.76. The minimum atomic E-state index is 0.0412. The largest absolute Gasteiger partial charge is 0.314 e. The van der Waals surface area contributed by atoms with E-state index in [1.54, 1.807) is 0 Å². The Morgan fingerprint density at radius 1 is 1.05 bits per heavy atom. The van der Waals surface area contributed by atoms with Gasteiger partial charge in [0.15, 0.2) is 0 Å². The van der Waals surface area contributed by atoms with Crippen LogP contribution in [0.3, 0.4) is 0 Å². The fourth-order valence-electron chi connectivity index (χ4n) is 2.75. The maximum absolute atomic E-state index is 6.46. The second-order valence-corrected chi connectivity index (χ2v) is 5.87. The van der Waals surface area contributed by atoms with E-state index < -0.39 is 0 Å². The van der Waals surface area contributed by atoms with Crippen LogP contribution in [0.1, 0.15) is 17.3 Å². The molecule has 0 amide bonds. The standard InChI is InChI=1S/C16H17Cl2N3/c17-13-5-3-4-12(15(13)18)16(14-6-1-2-7-20-14)21-10-8-19-9-11-21/h1-7,16,19H,8-11H2. The van der Waals surface area contributed by atoms with E-state index in [4.69, 9.17) is 23.2 Å². The Morgan fingerprint density at radius 2 is 1.86 bits per heavy atom. The van der Waals surface area contributed by atoms with E-state index in [0.717, 1.165) is 37.4 Å². The van der Waals surface area contributed by atoms with E-state index in [9.17, 15) is 0 Å². The molecule has 1 aromatic heterocycles. The first-order valence-corrected chi connectivity index (χ1v) is 7.82. The zero-order valence-corrected chi connectivity index (χ0v) is 13.1. The molecule has 110 valence electrons. The average molecular weight is 322 g/mol. The van der Waals surface area contributed by atoms with Crippen molar-refractivity contribution >= 4 is 23.2 Å². The van der Waals surface area contributed by atoms with Crippen molar-refractivity contribution in [2.75, 3.05) is 26.2 Å². The van der Waals surface area contributed by atoms with Crippen LogP contribution in [0.5, 0.6) is 0 Å². The number of aromatic nitrogens is 1. The minimum Gasteiger partial charge on any atom is -0.314 e. The van der Waals surface area contributed by atoms with Crippen molar-refractivity contribution in [2.45, 2.75) is 6.04 Å². The number of benzene rings is 1. The predicted octanol–water partition coefficient (Wildman–Crippen LogP) is 3.38. The first-order chi connectivity index (χ1) is 10.3. The molecule has 0 radical (unpaired) electrons. The summed E-state index contributed by atoms with van der Waals surface area (Å²) in [5.41, 5.74) is 2.02. The number of pyridine rings is 1. The van der Waals surface area contributed by atoms with Gasteiger partial charge in [0.2, 0.25) is 0 Å². The molecule has 0 bridgehead atoms. The van der Waals surface area contributed by atoms with Gasteiger partial charge in [-0.25, -0.2) is 0 Å². The molecule has 1 atom stereocenters. The van der Waals surface area contributed by atoms with Crippen LogP contribution >= 0.6 is 23.2 Å². The van der Waals surface area contributed by atoms with Crippen molar-refractivity contribution in [2.24, 2.45) is 0 Å². The van der Waals surface area contributed by atoms with Crippen molar-refractivity contribution in [3.63, 3.8) is 0 Å². The molecule has 5 heteroatoms. The molecular formula is C16H17Cl2N3. The monoisotopic (exact) mass is 321 g/mol. The average Bonchev–Trinajstić information content (AvgIpc) is 2.54. The summed E-state index contributed by atoms with van der Waals surface area (Å²) >= 11 is 12.7. The number of halogens is 2. The summed E-state index contributed by atoms with van der Waals surface area (Å²) < 4.78 is 0. The molecule has 0 saturated carbocycles. The Hall–Kier alpha value is -1.13. The summed E-state index contributed by atoms with van der Waals surface area (Å²) in [7, 11) is 0. The van der Waals surface area contributed by atoms with Crippen molar-refractivity contribution in [3.05, 3.63) is 63.9 Å². The van der Waals surface area contributed by atoms with Gasteiger partial charge in [-0.2, -0.15) is 0 Å². The number of hydrogen-bond acceptors (Lipinski definition) is 3. The third-order valence-corrected chi connectivity index (χ3v) is 4.59. The molecule has 1 aliphatic rings. The third kappa shape index (κ3) is 3.22. The van der Waals surface area contributed by atoms with Gasteiger partial charge in [0.25, 0.3) is 0 Å². The summed E-state index contributed by atoms with van der Waals surface area (Å²) in [5.74, 6) is 0. The molecule has 1 N–H and O–H groups in total. The Balaban J connectivity index is 2.05. The van der Waals surface area contributed by atoms with Crippen molar-refractivity contribution in [3.8, 4) is 0 Å². The maximum Gasteiger partial charge on any atom is 0.0792 e. The summed E-state index contributed by atoms with van der Waals surface area (Å²) in [5, 5.41) is 4.58. The smallest absolute Gasteiger partial charge is 0.0792 e. The zero-order valence-electron chi connectivity index (χ0n) is 11.6. The molecule has 0 aliphatic carbocycles. The van der Waals surface area contributed by atoms with Crippen LogP contribution in [-0.4, -0.2) is 36.1 Å². The molecule has 2 heterocycles. The van der Waals surface area contributed by atoms with Gasteiger partial charge in [-0.05, 0) is 23.8 Å². The van der Waals surface area contributed by atoms with Crippen molar-refractivity contribution in [1.82, 2.24) is 15.2 Å². The molecule has 1 fully saturated rings. The van der Waals surface area contributed by atoms with Gasteiger partial charge < -0.3 is 5.32 Å². The molecule has 1 saturated heterocycles. The highest BCUT2D eigenvalue weighted by atomic mass is 35.5. The summed E-state index contributed by atoms with van der Waals surface area (Å²) in [6, 6.07) is 11.8. The Labute approximate surface area is 134 Å². The molecular weight excluding hydrogens is 305 g/mol. The lowest BCUT2D eigenvalue weighted by atomic mass is 10.0. The van der Waals surface area contributed by atoms with Crippen LogP contribution in [0, 0.1) is 0 Å². The van der Waals surface area contributed by atoms with Gasteiger partial charge in [0, 0.05) is 32.4 Å². The van der Waals surface area contributed by atoms with Crippen LogP contribution < -0.4 is 5.32 Å². The lowest BCUT2D eigenvalue weighted by molar-refractivity contribution is 0.195. The lowest BCUT2D eigenvalue weighted by Crippen LogP contribution is -2.45. The van der Waals surface area contributed by atoms with Gasteiger partial charge in [-0.3, -0.25) is 9.88 Å². The second kappa shape index (κ2) is 6.75. The first kappa shape index (κ1) is 14.8. The number of piperazine rings is 1. The first-order valence-electron chi connectivity index (χ1n) is 7.07. The van der Waals surface area contributed by atoms with Crippen molar-refractivity contribution in [1.29, 1.82) is 0 Å². The van der Waals surface area contributed by atoms with Crippen LogP contribution in [0.25, 0.3) is 0 Å². The second-order valence-electron chi connectivity index (χ2n) is 5.09. The summed E-state index contributed by atoms with van der Waals surface area (Å²) in [6.07, 6.45) is 1.82. The molecule has 21 heavy (non-hydrogen) atoms. The highest BCUT2D eigenvalue weighted by molar-refractivity contribution is 6.42. The predicted molar refractivity (Wildman–Crippen MR) is 87.0 cm³/mol. The normalized spacial score (nSPS) is 17.6. The molecule has 1 aromatic carbocycles. The molecule has 3 nitrogen and oxygen atoms in total. The van der Waals surface area contributed by atoms with Crippen LogP contribution in [0.4, 0.5) is 0 Å². The lowest BCUT2D eigenvalue weighted by Gasteiger charge is -2.35. The SMILES string of the molecule is Clc1cccc(C(c2ccccn2)N2CCNCC2)c1Cl. The highest BCUT2D eigenvalue weighted by Crippen LogP contribution is 2.36. The number of hydrogen-bond donors (Lipinski definition) is 1. The molecule has 2 aromatic rings. The van der Waals surface area contributed by atoms with Gasteiger partial charge >= 0.3 is 0 Å². The molecule has 0 spiro atoms. The van der Waals surface area contributed by atoms with Gasteiger partial charge in [0.1, 0.15) is 0 Å². The third-order valence-electron chi connectivity index (χ3n) is 3.76. The number of rotatable bonds is 3. The van der Waals surface area contributed by atoms with Crippen LogP contribution in [0.15, 0.2) is 42.6 Å². The van der Waals surface area contributed by atoms with Gasteiger partial charge in [-0.15, -0.1) is 0 Å². The Morgan fingerprint density at radius 3 is 2.57 bits per heavy atom. The van der Waals surface area contributed by atoms with E-state index in [0.29, 0.717) is 10.0 Å². The van der Waals surface area contributed by atoms with Gasteiger partial charge in [-0.1, -0.05) is 41.4 Å². The van der Waals surface area contributed by atoms with E-state index in [1.165, 1.54) is 0 Å². The summed E-state index contributed by atoms with van der Waals surface area (Å²) in [4.78, 5) is 6.94. The van der Waals surface area contributed by atoms with E-state index in [1.807, 2.05) is 42.6 Å². The van der Waals surface area contributed by atoms with E-state index in [-0.39, 0.29) is 6.04 Å². The molecule has 1 aliphatic heterocycles. The van der Waals surface area contributed by atoms with E-state index in [2.05, 4.69) is 15.2 Å². The number of nitrogens with zero attached hydrogens (tertiary/aromatic N) is 2. The quantitative estimate of drug-likeness (QED) is 0.939. The number of nitrogens with one attached hydrogen (secondary N) is 1. The van der Waals surface area contributed by atoms with Crippen LogP contribution in [0.2, 0.25) is 10.0 Å². The van der Waals surface area contributed by atoms with E-state index >= 15 is 0 Å². The van der Waals surface area contributed by atoms with Crippen LogP contribution in [-0.2, 0) is 0 Å². The Bertz CT molecular complexity index is 598. The topological polar surface area (TPSA) is 28.2 Å².